The predicted octanol–water partition coefficient (Wildman–Crippen LogP) is 4.01. The van der Waals surface area contributed by atoms with Gasteiger partial charge >= 0.3 is 6.36 Å². The molecule has 2 aromatic carbocycles. The lowest BCUT2D eigenvalue weighted by molar-refractivity contribution is -0.274. The number of halogens is 3. The molecule has 31 heavy (non-hydrogen) atoms. The minimum Gasteiger partial charge on any atom is -0.492 e. The third kappa shape index (κ3) is 4.69. The molecule has 8 heteroatoms. The Morgan fingerprint density at radius 3 is 2.68 bits per heavy atom. The number of ether oxygens (including phenoxy) is 2. The van der Waals surface area contributed by atoms with Crippen LogP contribution in [0.15, 0.2) is 48.5 Å². The Hall–Kier alpha value is -3.00. The smallest absolute Gasteiger partial charge is 0.492 e. The first kappa shape index (κ1) is 21.2. The van der Waals surface area contributed by atoms with Crippen LogP contribution in [0.1, 0.15) is 29.5 Å². The number of benzene rings is 2. The second-order valence-electron chi connectivity index (χ2n) is 7.88. The Labute approximate surface area is 178 Å². The number of rotatable bonds is 4. The first-order chi connectivity index (χ1) is 14.8. The van der Waals surface area contributed by atoms with E-state index in [1.54, 1.807) is 11.0 Å². The van der Waals surface area contributed by atoms with Crippen molar-refractivity contribution in [2.24, 2.45) is 5.73 Å². The number of alkyl halides is 3. The summed E-state index contributed by atoms with van der Waals surface area (Å²) < 4.78 is 46.9. The molecule has 0 saturated carbocycles. The van der Waals surface area contributed by atoms with Crippen molar-refractivity contribution in [1.82, 2.24) is 4.90 Å². The number of carbonyl (C=O) groups is 1. The normalized spacial score (nSPS) is 17.6. The summed E-state index contributed by atoms with van der Waals surface area (Å²) in [5.41, 5.74) is 8.35. The number of hydrogen-bond donors (Lipinski definition) is 1. The van der Waals surface area contributed by atoms with Crippen LogP contribution in [-0.4, -0.2) is 36.9 Å². The van der Waals surface area contributed by atoms with E-state index < -0.39 is 6.36 Å². The molecular formula is C23H23F3N2O3. The van der Waals surface area contributed by atoms with Crippen molar-refractivity contribution in [3.63, 3.8) is 0 Å². The zero-order valence-electron chi connectivity index (χ0n) is 16.8. The molecule has 2 heterocycles. The molecule has 0 aliphatic carbocycles. The van der Waals surface area contributed by atoms with E-state index >= 15 is 0 Å². The number of fused-ring (bicyclic) bond motifs is 2. The molecule has 2 N–H and O–H groups in total. The molecule has 1 spiro atoms. The third-order valence-electron chi connectivity index (χ3n) is 5.90. The summed E-state index contributed by atoms with van der Waals surface area (Å²) in [6, 6.07) is 11.6. The molecule has 4 rings (SSSR count). The fourth-order valence-corrected chi connectivity index (χ4v) is 4.20. The second kappa shape index (κ2) is 8.26. The summed E-state index contributed by atoms with van der Waals surface area (Å²) in [5.74, 6) is 0.392. The van der Waals surface area contributed by atoms with Gasteiger partial charge in [0, 0.05) is 36.7 Å². The molecule has 2 aliphatic rings. The van der Waals surface area contributed by atoms with E-state index in [0.717, 1.165) is 24.2 Å². The quantitative estimate of drug-likeness (QED) is 0.742. The number of amides is 1. The number of carbonyl (C=O) groups excluding carboxylic acids is 1. The summed E-state index contributed by atoms with van der Waals surface area (Å²) in [5, 5.41) is 0. The summed E-state index contributed by atoms with van der Waals surface area (Å²) >= 11 is 0. The maximum absolute atomic E-state index is 12.6. The highest BCUT2D eigenvalue weighted by Gasteiger charge is 2.43. The molecule has 1 amide bonds. The van der Waals surface area contributed by atoms with Gasteiger partial charge < -0.3 is 20.1 Å². The van der Waals surface area contributed by atoms with Gasteiger partial charge in [-0.2, -0.15) is 0 Å². The Morgan fingerprint density at radius 2 is 1.97 bits per heavy atom. The van der Waals surface area contributed by atoms with E-state index in [-0.39, 0.29) is 17.1 Å². The van der Waals surface area contributed by atoms with Crippen LogP contribution in [0, 0.1) is 0 Å². The lowest BCUT2D eigenvalue weighted by atomic mass is 9.74. The van der Waals surface area contributed by atoms with Crippen LogP contribution in [0.2, 0.25) is 0 Å². The lowest BCUT2D eigenvalue weighted by Crippen LogP contribution is -2.45. The Bertz CT molecular complexity index is 996. The molecule has 0 aromatic heterocycles. The predicted molar refractivity (Wildman–Crippen MR) is 109 cm³/mol. The Morgan fingerprint density at radius 1 is 1.19 bits per heavy atom. The second-order valence-corrected chi connectivity index (χ2v) is 7.88. The van der Waals surface area contributed by atoms with Gasteiger partial charge in [0.05, 0.1) is 6.61 Å². The van der Waals surface area contributed by atoms with Crippen LogP contribution < -0.4 is 15.2 Å². The molecular weight excluding hydrogens is 409 g/mol. The first-order valence-corrected chi connectivity index (χ1v) is 10.1. The standard InChI is InChI=1S/C23H23F3N2O3/c24-23(25,26)31-18-3-1-2-16(12-18)5-7-21(29)28-10-8-22(9-11-28)15-30-20-6-4-17(14-27)13-19(20)22/h1-7,12-13H,8-11,14-15,27H2. The van der Waals surface area contributed by atoms with E-state index in [2.05, 4.69) is 10.8 Å². The highest BCUT2D eigenvalue weighted by Crippen LogP contribution is 2.45. The zero-order valence-corrected chi connectivity index (χ0v) is 16.8. The summed E-state index contributed by atoms with van der Waals surface area (Å²) in [4.78, 5) is 14.4. The number of hydrogen-bond acceptors (Lipinski definition) is 4. The highest BCUT2D eigenvalue weighted by molar-refractivity contribution is 5.92. The zero-order chi connectivity index (χ0) is 22.1. The molecule has 0 unspecified atom stereocenters. The summed E-state index contributed by atoms with van der Waals surface area (Å²) in [6.07, 6.45) is -0.311. The van der Waals surface area contributed by atoms with Gasteiger partial charge in [0.1, 0.15) is 11.5 Å². The minimum atomic E-state index is -4.75. The third-order valence-corrected chi connectivity index (χ3v) is 5.90. The monoisotopic (exact) mass is 432 g/mol. The van der Waals surface area contributed by atoms with Gasteiger partial charge in [0.25, 0.3) is 0 Å². The van der Waals surface area contributed by atoms with Crippen molar-refractivity contribution < 1.29 is 27.4 Å². The largest absolute Gasteiger partial charge is 0.573 e. The fraction of sp³-hybridized carbons (Fsp3) is 0.348. The molecule has 0 atom stereocenters. The van der Waals surface area contributed by atoms with Crippen LogP contribution in [0.25, 0.3) is 6.08 Å². The van der Waals surface area contributed by atoms with Gasteiger partial charge in [-0.1, -0.05) is 24.3 Å². The SMILES string of the molecule is NCc1ccc2c(c1)C1(CCN(C(=O)C=Cc3cccc(OC(F)(F)F)c3)CC1)CO2. The van der Waals surface area contributed by atoms with Crippen molar-refractivity contribution in [3.05, 3.63) is 65.2 Å². The minimum absolute atomic E-state index is 0.107. The van der Waals surface area contributed by atoms with E-state index in [1.165, 1.54) is 35.9 Å². The molecule has 5 nitrogen and oxygen atoms in total. The molecule has 1 saturated heterocycles. The number of nitrogens with zero attached hydrogens (tertiary/aromatic N) is 1. The van der Waals surface area contributed by atoms with Crippen molar-refractivity contribution in [1.29, 1.82) is 0 Å². The summed E-state index contributed by atoms with van der Waals surface area (Å²) in [7, 11) is 0. The first-order valence-electron chi connectivity index (χ1n) is 10.1. The molecule has 1 fully saturated rings. The molecule has 2 aromatic rings. The highest BCUT2D eigenvalue weighted by atomic mass is 19.4. The van der Waals surface area contributed by atoms with Crippen molar-refractivity contribution >= 4 is 12.0 Å². The van der Waals surface area contributed by atoms with Crippen LogP contribution >= 0.6 is 0 Å². The topological polar surface area (TPSA) is 64.8 Å². The molecule has 0 bridgehead atoms. The van der Waals surface area contributed by atoms with E-state index in [1.807, 2.05) is 12.1 Å². The lowest BCUT2D eigenvalue weighted by Gasteiger charge is -2.38. The molecule has 0 radical (unpaired) electrons. The van der Waals surface area contributed by atoms with E-state index in [0.29, 0.717) is 31.8 Å². The molecule has 164 valence electrons. The van der Waals surface area contributed by atoms with Gasteiger partial charge in [-0.15, -0.1) is 13.2 Å². The van der Waals surface area contributed by atoms with Gasteiger partial charge in [-0.25, -0.2) is 0 Å². The van der Waals surface area contributed by atoms with Crippen LogP contribution in [-0.2, 0) is 16.8 Å². The fourth-order valence-electron chi connectivity index (χ4n) is 4.20. The Kier molecular flexibility index (Phi) is 5.66. The Balaban J connectivity index is 1.39. The maximum Gasteiger partial charge on any atom is 0.573 e. The van der Waals surface area contributed by atoms with Gasteiger partial charge in [0.2, 0.25) is 5.91 Å². The maximum atomic E-state index is 12.6. The molecule has 2 aliphatic heterocycles. The average Bonchev–Trinajstić information content (AvgIpc) is 3.09. The number of nitrogens with two attached hydrogens (primary N) is 1. The average molecular weight is 432 g/mol. The van der Waals surface area contributed by atoms with Gasteiger partial charge in [-0.05, 0) is 48.2 Å². The van der Waals surface area contributed by atoms with E-state index in [4.69, 9.17) is 10.5 Å². The summed E-state index contributed by atoms with van der Waals surface area (Å²) in [6.45, 7) is 2.22. The van der Waals surface area contributed by atoms with Crippen LogP contribution in [0.5, 0.6) is 11.5 Å². The van der Waals surface area contributed by atoms with E-state index in [9.17, 15) is 18.0 Å². The van der Waals surface area contributed by atoms with Crippen molar-refractivity contribution in [2.75, 3.05) is 19.7 Å². The number of likely N-dealkylation sites (tertiary alicyclic amines) is 1. The van der Waals surface area contributed by atoms with Crippen molar-refractivity contribution in [3.8, 4) is 11.5 Å². The van der Waals surface area contributed by atoms with Gasteiger partial charge in [0.15, 0.2) is 0 Å². The van der Waals surface area contributed by atoms with Crippen LogP contribution in [0.3, 0.4) is 0 Å². The number of piperidine rings is 1. The van der Waals surface area contributed by atoms with Crippen molar-refractivity contribution in [2.45, 2.75) is 31.2 Å². The van der Waals surface area contributed by atoms with Crippen LogP contribution in [0.4, 0.5) is 13.2 Å². The van der Waals surface area contributed by atoms with Gasteiger partial charge in [-0.3, -0.25) is 4.79 Å².